The summed E-state index contributed by atoms with van der Waals surface area (Å²) >= 11 is 0. The predicted molar refractivity (Wildman–Crippen MR) is 89.7 cm³/mol. The zero-order valence-electron chi connectivity index (χ0n) is 13.9. The van der Waals surface area contributed by atoms with Crippen LogP contribution in [0.4, 0.5) is 0 Å². The number of nitrogens with zero attached hydrogens (tertiary/aromatic N) is 4. The molecule has 6 heteroatoms. The van der Waals surface area contributed by atoms with Crippen LogP contribution in [0.25, 0.3) is 5.65 Å². The first-order valence-electron chi connectivity index (χ1n) is 8.95. The summed E-state index contributed by atoms with van der Waals surface area (Å²) in [4.78, 5) is 18.9. The molecule has 0 radical (unpaired) electrons. The van der Waals surface area contributed by atoms with E-state index >= 15 is 0 Å². The third kappa shape index (κ3) is 3.15. The van der Waals surface area contributed by atoms with E-state index in [1.807, 2.05) is 21.7 Å². The number of carbonyl (C=O) groups excluding carboxylic acids is 1. The van der Waals surface area contributed by atoms with Crippen LogP contribution in [-0.2, 0) is 9.53 Å². The molecular formula is C18H24N4O2. The first kappa shape index (κ1) is 15.6. The Morgan fingerprint density at radius 3 is 2.71 bits per heavy atom. The van der Waals surface area contributed by atoms with E-state index in [1.165, 1.54) is 5.69 Å². The smallest absolute Gasteiger partial charge is 0.222 e. The van der Waals surface area contributed by atoms with Gasteiger partial charge in [0.2, 0.25) is 5.91 Å². The van der Waals surface area contributed by atoms with Crippen molar-refractivity contribution in [2.75, 3.05) is 26.3 Å². The molecule has 0 N–H and O–H groups in total. The van der Waals surface area contributed by atoms with Gasteiger partial charge in [0.1, 0.15) is 0 Å². The van der Waals surface area contributed by atoms with Gasteiger partial charge in [0.25, 0.3) is 0 Å². The van der Waals surface area contributed by atoms with Gasteiger partial charge in [-0.15, -0.1) is 0 Å². The molecule has 4 heterocycles. The highest BCUT2D eigenvalue weighted by Crippen LogP contribution is 2.29. The fourth-order valence-corrected chi connectivity index (χ4v) is 3.91. The molecule has 2 aliphatic rings. The van der Waals surface area contributed by atoms with Crippen molar-refractivity contribution >= 4 is 11.6 Å². The standard InChI is InChI=1S/C18H24N4O2/c23-18(13-14-5-11-24-12-6-14)21-9-3-15(4-10-21)16-1-7-19-17-2-8-20-22(16)17/h1-2,7-8,14-15H,3-6,9-13H2. The fourth-order valence-electron chi connectivity index (χ4n) is 3.91. The predicted octanol–water partition coefficient (Wildman–Crippen LogP) is 2.25. The van der Waals surface area contributed by atoms with Gasteiger partial charge < -0.3 is 9.64 Å². The Kier molecular flexibility index (Phi) is 4.47. The maximum atomic E-state index is 12.5. The zero-order chi connectivity index (χ0) is 16.4. The third-order valence-electron chi connectivity index (χ3n) is 5.39. The second kappa shape index (κ2) is 6.89. The second-order valence-corrected chi connectivity index (χ2v) is 6.89. The van der Waals surface area contributed by atoms with Crippen molar-refractivity contribution in [1.82, 2.24) is 19.5 Å². The monoisotopic (exact) mass is 328 g/mol. The summed E-state index contributed by atoms with van der Waals surface area (Å²) in [5.74, 6) is 1.27. The molecule has 0 aromatic carbocycles. The average molecular weight is 328 g/mol. The molecule has 2 fully saturated rings. The van der Waals surface area contributed by atoms with Crippen LogP contribution in [0.1, 0.15) is 43.7 Å². The lowest BCUT2D eigenvalue weighted by atomic mass is 9.91. The highest BCUT2D eigenvalue weighted by atomic mass is 16.5. The van der Waals surface area contributed by atoms with Gasteiger partial charge in [0.05, 0.1) is 6.20 Å². The summed E-state index contributed by atoms with van der Waals surface area (Å²) in [5.41, 5.74) is 2.10. The van der Waals surface area contributed by atoms with E-state index in [0.29, 0.717) is 24.2 Å². The van der Waals surface area contributed by atoms with Gasteiger partial charge in [-0.2, -0.15) is 5.10 Å². The van der Waals surface area contributed by atoms with Crippen molar-refractivity contribution in [1.29, 1.82) is 0 Å². The Morgan fingerprint density at radius 2 is 1.92 bits per heavy atom. The number of fused-ring (bicyclic) bond motifs is 1. The Labute approximate surface area is 141 Å². The first-order valence-corrected chi connectivity index (χ1v) is 8.95. The molecule has 0 aliphatic carbocycles. The van der Waals surface area contributed by atoms with E-state index in [2.05, 4.69) is 16.1 Å². The topological polar surface area (TPSA) is 59.7 Å². The zero-order valence-corrected chi connectivity index (χ0v) is 13.9. The number of carbonyl (C=O) groups is 1. The van der Waals surface area contributed by atoms with Crippen LogP contribution in [-0.4, -0.2) is 51.7 Å². The Bertz CT molecular complexity index is 700. The van der Waals surface area contributed by atoms with E-state index in [4.69, 9.17) is 4.74 Å². The van der Waals surface area contributed by atoms with Crippen LogP contribution in [0, 0.1) is 5.92 Å². The molecule has 0 atom stereocenters. The molecule has 128 valence electrons. The third-order valence-corrected chi connectivity index (χ3v) is 5.39. The molecule has 2 aliphatic heterocycles. The average Bonchev–Trinajstić information content (AvgIpc) is 3.11. The number of aromatic nitrogens is 3. The van der Waals surface area contributed by atoms with Gasteiger partial charge in [-0.05, 0) is 37.7 Å². The summed E-state index contributed by atoms with van der Waals surface area (Å²) < 4.78 is 7.31. The molecule has 2 aromatic rings. The maximum absolute atomic E-state index is 12.5. The van der Waals surface area contributed by atoms with Crippen LogP contribution < -0.4 is 0 Å². The van der Waals surface area contributed by atoms with Crippen LogP contribution >= 0.6 is 0 Å². The Hall–Kier alpha value is -1.95. The van der Waals surface area contributed by atoms with E-state index in [1.54, 1.807) is 6.20 Å². The fraction of sp³-hybridized carbons (Fsp3) is 0.611. The number of likely N-dealkylation sites (tertiary alicyclic amines) is 1. The van der Waals surface area contributed by atoms with E-state index in [-0.39, 0.29) is 0 Å². The van der Waals surface area contributed by atoms with Gasteiger partial charge in [-0.25, -0.2) is 9.50 Å². The molecule has 6 nitrogen and oxygen atoms in total. The molecule has 0 saturated carbocycles. The van der Waals surface area contributed by atoms with Crippen molar-refractivity contribution in [2.45, 2.75) is 38.0 Å². The lowest BCUT2D eigenvalue weighted by Crippen LogP contribution is -2.39. The van der Waals surface area contributed by atoms with E-state index in [9.17, 15) is 4.79 Å². The normalized spacial score (nSPS) is 20.6. The van der Waals surface area contributed by atoms with E-state index < -0.39 is 0 Å². The number of piperidine rings is 1. The molecule has 1 amide bonds. The summed E-state index contributed by atoms with van der Waals surface area (Å²) in [5, 5.41) is 4.39. The van der Waals surface area contributed by atoms with E-state index in [0.717, 1.165) is 57.6 Å². The van der Waals surface area contributed by atoms with Gasteiger partial charge in [-0.3, -0.25) is 4.79 Å². The first-order chi connectivity index (χ1) is 11.8. The molecule has 0 bridgehead atoms. The number of ether oxygens (including phenoxy) is 1. The van der Waals surface area contributed by atoms with Gasteiger partial charge in [-0.1, -0.05) is 0 Å². The minimum absolute atomic E-state index is 0.319. The quantitative estimate of drug-likeness (QED) is 0.867. The van der Waals surface area contributed by atoms with Crippen LogP contribution in [0.15, 0.2) is 24.5 Å². The Balaban J connectivity index is 1.36. The summed E-state index contributed by atoms with van der Waals surface area (Å²) in [6.07, 6.45) is 8.38. The molecule has 2 aromatic heterocycles. The van der Waals surface area contributed by atoms with Crippen molar-refractivity contribution in [2.24, 2.45) is 5.92 Å². The summed E-state index contributed by atoms with van der Waals surface area (Å²) in [7, 11) is 0. The molecule has 4 rings (SSSR count). The number of hydrogen-bond donors (Lipinski definition) is 0. The highest BCUT2D eigenvalue weighted by molar-refractivity contribution is 5.76. The molecule has 0 unspecified atom stereocenters. The maximum Gasteiger partial charge on any atom is 0.222 e. The van der Waals surface area contributed by atoms with Gasteiger partial charge >= 0.3 is 0 Å². The van der Waals surface area contributed by atoms with Crippen LogP contribution in [0.2, 0.25) is 0 Å². The molecule has 0 spiro atoms. The number of hydrogen-bond acceptors (Lipinski definition) is 4. The summed E-state index contributed by atoms with van der Waals surface area (Å²) in [6, 6.07) is 3.99. The number of rotatable bonds is 3. The minimum atomic E-state index is 0.319. The summed E-state index contributed by atoms with van der Waals surface area (Å²) in [6.45, 7) is 3.31. The second-order valence-electron chi connectivity index (χ2n) is 6.89. The van der Waals surface area contributed by atoms with Gasteiger partial charge in [0, 0.05) is 56.6 Å². The molecule has 2 saturated heterocycles. The minimum Gasteiger partial charge on any atom is -0.381 e. The largest absolute Gasteiger partial charge is 0.381 e. The number of amides is 1. The lowest BCUT2D eigenvalue weighted by Gasteiger charge is -2.33. The van der Waals surface area contributed by atoms with Crippen LogP contribution in [0.3, 0.4) is 0 Å². The highest BCUT2D eigenvalue weighted by Gasteiger charge is 2.27. The van der Waals surface area contributed by atoms with Crippen molar-refractivity contribution in [3.63, 3.8) is 0 Å². The molecular weight excluding hydrogens is 304 g/mol. The lowest BCUT2D eigenvalue weighted by molar-refractivity contribution is -0.134. The van der Waals surface area contributed by atoms with Crippen LogP contribution in [0.5, 0.6) is 0 Å². The van der Waals surface area contributed by atoms with Crippen molar-refractivity contribution in [3.8, 4) is 0 Å². The van der Waals surface area contributed by atoms with Crippen molar-refractivity contribution in [3.05, 3.63) is 30.2 Å². The Morgan fingerprint density at radius 1 is 1.12 bits per heavy atom. The molecule has 24 heavy (non-hydrogen) atoms. The van der Waals surface area contributed by atoms with Gasteiger partial charge in [0.15, 0.2) is 5.65 Å². The SMILES string of the molecule is O=C(CC1CCOCC1)N1CCC(c2ccnc3ccnn23)CC1. The van der Waals surface area contributed by atoms with Crippen molar-refractivity contribution < 1.29 is 9.53 Å².